The van der Waals surface area contributed by atoms with Crippen LogP contribution in [0.1, 0.15) is 38.3 Å². The molecule has 0 unspecified atom stereocenters. The van der Waals surface area contributed by atoms with Gasteiger partial charge in [-0.15, -0.1) is 0 Å². The molecule has 2 aliphatic heterocycles. The van der Waals surface area contributed by atoms with Gasteiger partial charge in [-0.05, 0) is 43.0 Å². The van der Waals surface area contributed by atoms with Gasteiger partial charge in [0.2, 0.25) is 5.91 Å². The number of piperidine rings is 1. The van der Waals surface area contributed by atoms with E-state index in [2.05, 4.69) is 29.4 Å². The first-order chi connectivity index (χ1) is 12.4. The van der Waals surface area contributed by atoms with Gasteiger partial charge in [0.25, 0.3) is 5.56 Å². The normalized spacial score (nSPS) is 21.3. The smallest absolute Gasteiger partial charge is 0.250 e. The number of thiocarbonyl (C=S) groups is 1. The van der Waals surface area contributed by atoms with E-state index in [1.54, 1.807) is 6.07 Å². The van der Waals surface area contributed by atoms with Gasteiger partial charge in [-0.2, -0.15) is 0 Å². The Balaban J connectivity index is 1.53. The van der Waals surface area contributed by atoms with Crippen LogP contribution in [0.2, 0.25) is 0 Å². The second-order valence-corrected chi connectivity index (χ2v) is 8.18. The van der Waals surface area contributed by atoms with Crippen molar-refractivity contribution in [1.82, 2.24) is 20.1 Å². The highest BCUT2D eigenvalue weighted by molar-refractivity contribution is 7.80. The van der Waals surface area contributed by atoms with Crippen LogP contribution >= 0.6 is 12.2 Å². The summed E-state index contributed by atoms with van der Waals surface area (Å²) in [4.78, 5) is 26.2. The molecule has 1 fully saturated rings. The van der Waals surface area contributed by atoms with E-state index in [4.69, 9.17) is 12.2 Å². The molecule has 2 bridgehead atoms. The Kier molecular flexibility index (Phi) is 5.96. The third-order valence-electron chi connectivity index (χ3n) is 5.21. The minimum Gasteiger partial charge on any atom is -0.355 e. The number of nitrogens with one attached hydrogen (secondary N) is 2. The Morgan fingerprint density at radius 1 is 1.27 bits per heavy atom. The Labute approximate surface area is 159 Å². The predicted octanol–water partition coefficient (Wildman–Crippen LogP) is 1.30. The first-order valence-electron chi connectivity index (χ1n) is 9.43. The zero-order valence-electron chi connectivity index (χ0n) is 15.5. The highest BCUT2D eigenvalue weighted by atomic mass is 32.1. The maximum absolute atomic E-state index is 12.1. The molecule has 0 radical (unpaired) electrons. The van der Waals surface area contributed by atoms with E-state index < -0.39 is 0 Å². The fraction of sp³-hybridized carbons (Fsp3) is 0.632. The first-order valence-corrected chi connectivity index (χ1v) is 9.84. The van der Waals surface area contributed by atoms with Crippen LogP contribution in [-0.4, -0.2) is 46.7 Å². The van der Waals surface area contributed by atoms with E-state index >= 15 is 0 Å². The lowest BCUT2D eigenvalue weighted by Crippen LogP contribution is -2.52. The molecule has 0 saturated carbocycles. The quantitative estimate of drug-likeness (QED) is 0.759. The summed E-state index contributed by atoms with van der Waals surface area (Å²) in [5.41, 5.74) is 1.19. The molecule has 2 aliphatic rings. The van der Waals surface area contributed by atoms with Crippen LogP contribution in [0.4, 0.5) is 0 Å². The fourth-order valence-electron chi connectivity index (χ4n) is 3.89. The maximum atomic E-state index is 12.1. The molecule has 2 N–H and O–H groups in total. The monoisotopic (exact) mass is 376 g/mol. The second kappa shape index (κ2) is 8.20. The summed E-state index contributed by atoms with van der Waals surface area (Å²) >= 11 is 5.52. The molecular weight excluding hydrogens is 348 g/mol. The summed E-state index contributed by atoms with van der Waals surface area (Å²) in [5.74, 6) is 1.28. The number of rotatable bonds is 5. The molecule has 2 atom stereocenters. The SMILES string of the molecule is CC(C)CCNC(=O)CNC(=S)N1C[C@H]2C[C@@H](C1)c1cccc(=O)n1C2. The van der Waals surface area contributed by atoms with Gasteiger partial charge in [0, 0.05) is 43.9 Å². The van der Waals surface area contributed by atoms with Crippen molar-refractivity contribution in [3.8, 4) is 0 Å². The predicted molar refractivity (Wildman–Crippen MR) is 106 cm³/mol. The van der Waals surface area contributed by atoms with E-state index in [9.17, 15) is 9.59 Å². The number of aromatic nitrogens is 1. The largest absolute Gasteiger partial charge is 0.355 e. The Morgan fingerprint density at radius 3 is 2.85 bits per heavy atom. The van der Waals surface area contributed by atoms with Crippen LogP contribution in [0.25, 0.3) is 0 Å². The Morgan fingerprint density at radius 2 is 2.08 bits per heavy atom. The van der Waals surface area contributed by atoms with Gasteiger partial charge in [-0.25, -0.2) is 0 Å². The number of pyridine rings is 1. The van der Waals surface area contributed by atoms with Crippen molar-refractivity contribution in [3.63, 3.8) is 0 Å². The van der Waals surface area contributed by atoms with E-state index in [0.29, 0.717) is 29.4 Å². The minimum atomic E-state index is -0.0258. The van der Waals surface area contributed by atoms with E-state index in [1.807, 2.05) is 16.7 Å². The van der Waals surface area contributed by atoms with Crippen LogP contribution in [0.15, 0.2) is 23.0 Å². The van der Waals surface area contributed by atoms with Gasteiger partial charge in [-0.1, -0.05) is 19.9 Å². The molecule has 6 nitrogen and oxygen atoms in total. The molecular formula is C19H28N4O2S. The van der Waals surface area contributed by atoms with Crippen molar-refractivity contribution < 1.29 is 4.79 Å². The number of fused-ring (bicyclic) bond motifs is 4. The third kappa shape index (κ3) is 4.44. The van der Waals surface area contributed by atoms with Crippen LogP contribution in [0, 0.1) is 11.8 Å². The zero-order valence-corrected chi connectivity index (χ0v) is 16.3. The van der Waals surface area contributed by atoms with Crippen molar-refractivity contribution in [2.24, 2.45) is 11.8 Å². The molecule has 26 heavy (non-hydrogen) atoms. The highest BCUT2D eigenvalue weighted by Crippen LogP contribution is 2.34. The summed E-state index contributed by atoms with van der Waals surface area (Å²) in [6.07, 6.45) is 2.07. The molecule has 3 heterocycles. The molecule has 0 aliphatic carbocycles. The van der Waals surface area contributed by atoms with Crippen LogP contribution in [-0.2, 0) is 11.3 Å². The average molecular weight is 377 g/mol. The zero-order chi connectivity index (χ0) is 18.7. The Bertz CT molecular complexity index is 730. The number of nitrogens with zero attached hydrogens (tertiary/aromatic N) is 2. The second-order valence-electron chi connectivity index (χ2n) is 7.79. The van der Waals surface area contributed by atoms with Crippen molar-refractivity contribution in [2.75, 3.05) is 26.2 Å². The van der Waals surface area contributed by atoms with Crippen molar-refractivity contribution >= 4 is 23.2 Å². The van der Waals surface area contributed by atoms with Crippen LogP contribution in [0.3, 0.4) is 0 Å². The molecule has 0 aromatic carbocycles. The number of likely N-dealkylation sites (tertiary alicyclic amines) is 1. The minimum absolute atomic E-state index is 0.0258. The lowest BCUT2D eigenvalue weighted by molar-refractivity contribution is -0.120. The van der Waals surface area contributed by atoms with Gasteiger partial charge in [-0.3, -0.25) is 9.59 Å². The first kappa shape index (κ1) is 18.9. The van der Waals surface area contributed by atoms with E-state index in [0.717, 1.165) is 38.2 Å². The van der Waals surface area contributed by atoms with E-state index in [-0.39, 0.29) is 18.0 Å². The summed E-state index contributed by atoms with van der Waals surface area (Å²) < 4.78 is 1.91. The molecule has 3 rings (SSSR count). The van der Waals surface area contributed by atoms with E-state index in [1.165, 1.54) is 0 Å². The molecule has 0 spiro atoms. The molecule has 1 aromatic heterocycles. The van der Waals surface area contributed by atoms with Gasteiger partial charge in [0.15, 0.2) is 5.11 Å². The number of hydrogen-bond donors (Lipinski definition) is 2. The topological polar surface area (TPSA) is 66.4 Å². The Hall–Kier alpha value is -1.89. The van der Waals surface area contributed by atoms with Crippen molar-refractivity contribution in [3.05, 3.63) is 34.2 Å². The summed E-state index contributed by atoms with van der Waals surface area (Å²) in [6.45, 7) is 7.56. The molecule has 1 aromatic rings. The number of carbonyl (C=O) groups is 1. The number of carbonyl (C=O) groups excluding carboxylic acids is 1. The summed E-state index contributed by atoms with van der Waals surface area (Å²) in [7, 11) is 0. The summed E-state index contributed by atoms with van der Waals surface area (Å²) in [5, 5.41) is 6.64. The third-order valence-corrected chi connectivity index (χ3v) is 5.61. The van der Waals surface area contributed by atoms with Crippen molar-refractivity contribution in [1.29, 1.82) is 0 Å². The lowest BCUT2D eigenvalue weighted by atomic mass is 9.83. The maximum Gasteiger partial charge on any atom is 0.250 e. The lowest BCUT2D eigenvalue weighted by Gasteiger charge is -2.43. The average Bonchev–Trinajstić information content (AvgIpc) is 2.60. The highest BCUT2D eigenvalue weighted by Gasteiger charge is 2.35. The standard InChI is InChI=1S/C19H28N4O2S/c1-13(2)6-7-20-17(24)9-21-19(26)22-10-14-8-15(12-22)16-4-3-5-18(25)23(16)11-14/h3-5,13-15H,6-12H2,1-2H3,(H,20,24)(H,21,26)/t14-,15+/m1/s1. The van der Waals surface area contributed by atoms with Crippen molar-refractivity contribution in [2.45, 2.75) is 39.2 Å². The molecule has 1 saturated heterocycles. The van der Waals surface area contributed by atoms with Gasteiger partial charge in [0.05, 0.1) is 6.54 Å². The molecule has 1 amide bonds. The van der Waals surface area contributed by atoms with Crippen LogP contribution in [0.5, 0.6) is 0 Å². The van der Waals surface area contributed by atoms with Gasteiger partial charge >= 0.3 is 0 Å². The number of hydrogen-bond acceptors (Lipinski definition) is 3. The van der Waals surface area contributed by atoms with Crippen LogP contribution < -0.4 is 16.2 Å². The van der Waals surface area contributed by atoms with Gasteiger partial charge < -0.3 is 20.1 Å². The molecule has 142 valence electrons. The fourth-order valence-corrected chi connectivity index (χ4v) is 4.11. The summed E-state index contributed by atoms with van der Waals surface area (Å²) in [6, 6.07) is 5.52. The number of amides is 1. The van der Waals surface area contributed by atoms with Gasteiger partial charge in [0.1, 0.15) is 0 Å². The molecule has 7 heteroatoms.